The van der Waals surface area contributed by atoms with Crippen LogP contribution in [0, 0.1) is 0 Å². The van der Waals surface area contributed by atoms with Crippen molar-refractivity contribution in [2.75, 3.05) is 0 Å². The van der Waals surface area contributed by atoms with Gasteiger partial charge in [0.15, 0.2) is 0 Å². The fourth-order valence-electron chi connectivity index (χ4n) is 5.44. The molecule has 1 aromatic heterocycles. The third kappa shape index (κ3) is 7.06. The minimum Gasteiger partial charge on any atom is -0.247 e. The van der Waals surface area contributed by atoms with Gasteiger partial charge in [-0.1, -0.05) is 126 Å². The maximum Gasteiger partial charge on any atom is 0.258 e. The number of H-pyrrole nitrogens is 1. The van der Waals surface area contributed by atoms with E-state index in [1.807, 2.05) is 0 Å². The second-order valence-electron chi connectivity index (χ2n) is 9.95. The van der Waals surface area contributed by atoms with Crippen molar-refractivity contribution in [1.82, 2.24) is 4.98 Å². The van der Waals surface area contributed by atoms with Crippen molar-refractivity contribution in [2.45, 2.75) is 103 Å². The summed E-state index contributed by atoms with van der Waals surface area (Å²) in [5.41, 5.74) is 2.88. The molecule has 3 aromatic rings. The third-order valence-corrected chi connectivity index (χ3v) is 7.30. The zero-order valence-electron chi connectivity index (χ0n) is 21.2. The van der Waals surface area contributed by atoms with E-state index in [1.165, 1.54) is 68.3 Å². The number of unbranched alkanes of at least 4 members (excludes halogenated alkanes) is 6. The molecule has 0 aliphatic heterocycles. The molecular formula is C31H45N2+. The SMILES string of the molecule is CCCCCCCCCC(c1[nH]cc[n+]1CCC)C(C)(Cc1ccccc1)c1ccccc1. The normalized spacial score (nSPS) is 14.2. The molecule has 0 amide bonds. The van der Waals surface area contributed by atoms with Gasteiger partial charge in [-0.25, -0.2) is 9.55 Å². The van der Waals surface area contributed by atoms with Gasteiger partial charge in [0, 0.05) is 5.41 Å². The van der Waals surface area contributed by atoms with Gasteiger partial charge in [0.1, 0.15) is 12.4 Å². The average Bonchev–Trinajstić information content (AvgIpc) is 3.30. The quantitative estimate of drug-likeness (QED) is 0.180. The van der Waals surface area contributed by atoms with Gasteiger partial charge >= 0.3 is 0 Å². The molecule has 2 aromatic carbocycles. The predicted octanol–water partition coefficient (Wildman–Crippen LogP) is 8.14. The highest BCUT2D eigenvalue weighted by molar-refractivity contribution is 5.32. The number of aromatic amines is 1. The van der Waals surface area contributed by atoms with Gasteiger partial charge in [-0.15, -0.1) is 0 Å². The van der Waals surface area contributed by atoms with Gasteiger partial charge in [0.25, 0.3) is 5.82 Å². The molecule has 33 heavy (non-hydrogen) atoms. The lowest BCUT2D eigenvalue weighted by Crippen LogP contribution is -2.43. The molecule has 0 saturated carbocycles. The summed E-state index contributed by atoms with van der Waals surface area (Å²) in [6, 6.07) is 22.3. The predicted molar refractivity (Wildman–Crippen MR) is 141 cm³/mol. The second kappa shape index (κ2) is 13.4. The molecule has 2 unspecified atom stereocenters. The van der Waals surface area contributed by atoms with E-state index in [2.05, 4.69) is 103 Å². The molecule has 2 atom stereocenters. The summed E-state index contributed by atoms with van der Waals surface area (Å²) in [6.45, 7) is 8.14. The molecular weight excluding hydrogens is 400 g/mol. The Labute approximate surface area is 202 Å². The molecule has 178 valence electrons. The summed E-state index contributed by atoms with van der Waals surface area (Å²) >= 11 is 0. The number of hydrogen-bond acceptors (Lipinski definition) is 0. The maximum atomic E-state index is 3.68. The van der Waals surface area contributed by atoms with Crippen LogP contribution < -0.4 is 4.57 Å². The van der Waals surface area contributed by atoms with Crippen molar-refractivity contribution < 1.29 is 4.57 Å². The first-order valence-electron chi connectivity index (χ1n) is 13.3. The van der Waals surface area contributed by atoms with Crippen LogP contribution in [0.25, 0.3) is 0 Å². The zero-order valence-corrected chi connectivity index (χ0v) is 21.2. The van der Waals surface area contributed by atoms with E-state index in [4.69, 9.17) is 0 Å². The van der Waals surface area contributed by atoms with E-state index in [1.54, 1.807) is 0 Å². The lowest BCUT2D eigenvalue weighted by Gasteiger charge is -2.37. The molecule has 3 rings (SSSR count). The van der Waals surface area contributed by atoms with Gasteiger partial charge in [0.05, 0.1) is 12.5 Å². The number of imidazole rings is 1. The van der Waals surface area contributed by atoms with Crippen LogP contribution in [-0.2, 0) is 18.4 Å². The highest BCUT2D eigenvalue weighted by atomic mass is 15.1. The molecule has 1 heterocycles. The molecule has 0 bridgehead atoms. The minimum atomic E-state index is 0.0190. The molecule has 0 spiro atoms. The fraction of sp³-hybridized carbons (Fsp3) is 0.516. The average molecular weight is 446 g/mol. The number of aromatic nitrogens is 2. The molecule has 0 fully saturated rings. The Morgan fingerprint density at radius 3 is 2.09 bits per heavy atom. The van der Waals surface area contributed by atoms with Crippen LogP contribution in [-0.4, -0.2) is 4.98 Å². The molecule has 0 aliphatic rings. The summed E-state index contributed by atoms with van der Waals surface area (Å²) in [5.74, 6) is 1.84. The van der Waals surface area contributed by atoms with Crippen LogP contribution in [0.5, 0.6) is 0 Å². The van der Waals surface area contributed by atoms with E-state index in [0.717, 1.165) is 19.4 Å². The summed E-state index contributed by atoms with van der Waals surface area (Å²) in [6.07, 6.45) is 17.3. The number of hydrogen-bond donors (Lipinski definition) is 1. The lowest BCUT2D eigenvalue weighted by molar-refractivity contribution is -0.704. The van der Waals surface area contributed by atoms with Crippen molar-refractivity contribution in [2.24, 2.45) is 0 Å². The van der Waals surface area contributed by atoms with E-state index >= 15 is 0 Å². The largest absolute Gasteiger partial charge is 0.258 e. The van der Waals surface area contributed by atoms with E-state index < -0.39 is 0 Å². The highest BCUT2D eigenvalue weighted by Gasteiger charge is 2.41. The van der Waals surface area contributed by atoms with Crippen molar-refractivity contribution in [3.05, 3.63) is 90.0 Å². The maximum absolute atomic E-state index is 3.68. The summed E-state index contributed by atoms with van der Waals surface area (Å²) in [7, 11) is 0. The number of rotatable bonds is 15. The molecule has 2 nitrogen and oxygen atoms in total. The highest BCUT2D eigenvalue weighted by Crippen LogP contribution is 2.43. The van der Waals surface area contributed by atoms with Crippen LogP contribution in [0.2, 0.25) is 0 Å². The number of aryl methyl sites for hydroxylation is 1. The minimum absolute atomic E-state index is 0.0190. The van der Waals surface area contributed by atoms with Crippen LogP contribution in [0.15, 0.2) is 73.1 Å². The zero-order chi connectivity index (χ0) is 23.4. The van der Waals surface area contributed by atoms with Crippen LogP contribution >= 0.6 is 0 Å². The van der Waals surface area contributed by atoms with Crippen LogP contribution in [0.3, 0.4) is 0 Å². The van der Waals surface area contributed by atoms with E-state index in [0.29, 0.717) is 5.92 Å². The van der Waals surface area contributed by atoms with Crippen molar-refractivity contribution in [3.63, 3.8) is 0 Å². The number of nitrogens with one attached hydrogen (secondary N) is 1. The Hall–Kier alpha value is -2.35. The first-order chi connectivity index (χ1) is 16.2. The standard InChI is InChI=1S/C31H44N2/c1-4-6-7-8-9-10-17-22-29(30-32-23-25-33(30)24-5-2)31(3,28-20-15-12-16-21-28)26-27-18-13-11-14-19-27/h11-16,18-21,23,25,29H,4-10,17,22,24,26H2,1-3H3/p+1. The Balaban J connectivity index is 1.90. The van der Waals surface area contributed by atoms with Gasteiger partial charge < -0.3 is 0 Å². The summed E-state index contributed by atoms with van der Waals surface area (Å²) in [5, 5.41) is 0. The number of nitrogens with zero attached hydrogens (tertiary/aromatic N) is 1. The van der Waals surface area contributed by atoms with E-state index in [-0.39, 0.29) is 5.41 Å². The third-order valence-electron chi connectivity index (χ3n) is 7.30. The smallest absolute Gasteiger partial charge is 0.247 e. The van der Waals surface area contributed by atoms with Crippen LogP contribution in [0.1, 0.15) is 101 Å². The molecule has 0 radical (unpaired) electrons. The van der Waals surface area contributed by atoms with Gasteiger partial charge in [0.2, 0.25) is 0 Å². The number of benzene rings is 2. The Morgan fingerprint density at radius 1 is 0.788 bits per heavy atom. The second-order valence-corrected chi connectivity index (χ2v) is 9.95. The van der Waals surface area contributed by atoms with Crippen LogP contribution in [0.4, 0.5) is 0 Å². The fourth-order valence-corrected chi connectivity index (χ4v) is 5.44. The first-order valence-corrected chi connectivity index (χ1v) is 13.3. The van der Waals surface area contributed by atoms with Crippen molar-refractivity contribution in [1.29, 1.82) is 0 Å². The van der Waals surface area contributed by atoms with Gasteiger partial charge in [-0.3, -0.25) is 0 Å². The van der Waals surface area contributed by atoms with Crippen molar-refractivity contribution >= 4 is 0 Å². The lowest BCUT2D eigenvalue weighted by atomic mass is 9.66. The van der Waals surface area contributed by atoms with Gasteiger partial charge in [-0.05, 0) is 30.4 Å². The Bertz CT molecular complexity index is 899. The van der Waals surface area contributed by atoms with Gasteiger partial charge in [-0.2, -0.15) is 0 Å². The molecule has 0 aliphatic carbocycles. The first kappa shape index (κ1) is 25.3. The Kier molecular flexibility index (Phi) is 10.2. The monoisotopic (exact) mass is 445 g/mol. The molecule has 0 saturated heterocycles. The summed E-state index contributed by atoms with van der Waals surface area (Å²) < 4.78 is 2.47. The Morgan fingerprint density at radius 2 is 1.42 bits per heavy atom. The van der Waals surface area contributed by atoms with Crippen molar-refractivity contribution in [3.8, 4) is 0 Å². The molecule has 1 N–H and O–H groups in total. The topological polar surface area (TPSA) is 19.7 Å². The molecule has 2 heteroatoms. The summed E-state index contributed by atoms with van der Waals surface area (Å²) in [4.78, 5) is 3.68. The van der Waals surface area contributed by atoms with E-state index in [9.17, 15) is 0 Å².